The standard InChI is InChI=1S/C11H16N5O8P/c1-12-11-14-8-5(9(19)15-11)13-3-16(8)10-7(18)6(17)4(24-10)2-23-25(20,21)22/h3-4,6-7,10,17-18H,2H2,1H3,(H2,20,21,22)(H2,12,14,15,19). The highest BCUT2D eigenvalue weighted by Crippen LogP contribution is 2.38. The molecular formula is C11H16N5O8P. The molecule has 0 bridgehead atoms. The van der Waals surface area contributed by atoms with Crippen molar-refractivity contribution in [2.45, 2.75) is 24.5 Å². The second kappa shape index (κ2) is 6.46. The van der Waals surface area contributed by atoms with E-state index in [1.54, 1.807) is 7.05 Å². The number of anilines is 1. The molecule has 1 saturated heterocycles. The molecule has 0 aromatic carbocycles. The molecule has 0 spiro atoms. The second-order valence-electron chi connectivity index (χ2n) is 5.32. The Morgan fingerprint density at radius 2 is 2.16 bits per heavy atom. The lowest BCUT2D eigenvalue weighted by Gasteiger charge is -2.16. The van der Waals surface area contributed by atoms with Crippen molar-refractivity contribution >= 4 is 24.9 Å². The van der Waals surface area contributed by atoms with E-state index in [0.717, 1.165) is 0 Å². The Kier molecular flexibility index (Phi) is 4.64. The number of aromatic nitrogens is 4. The van der Waals surface area contributed by atoms with Crippen LogP contribution in [0.2, 0.25) is 0 Å². The molecule has 0 radical (unpaired) electrons. The van der Waals surface area contributed by atoms with E-state index in [1.807, 2.05) is 0 Å². The number of phosphoric acid groups is 1. The van der Waals surface area contributed by atoms with E-state index in [1.165, 1.54) is 10.9 Å². The Morgan fingerprint density at radius 1 is 1.44 bits per heavy atom. The SMILES string of the molecule is CNc1nc2c(ncn2C2OC(COP(=O)(O)O)C(O)C2O)c(=O)[nH]1. The largest absolute Gasteiger partial charge is 0.469 e. The van der Waals surface area contributed by atoms with Crippen molar-refractivity contribution in [3.8, 4) is 0 Å². The van der Waals surface area contributed by atoms with Gasteiger partial charge in [-0.25, -0.2) is 9.55 Å². The number of fused-ring (bicyclic) bond motifs is 1. The highest BCUT2D eigenvalue weighted by molar-refractivity contribution is 7.46. The summed E-state index contributed by atoms with van der Waals surface area (Å²) in [6.07, 6.45) is -4.10. The molecule has 4 atom stereocenters. The van der Waals surface area contributed by atoms with Crippen LogP contribution in [0.4, 0.5) is 5.95 Å². The summed E-state index contributed by atoms with van der Waals surface area (Å²) >= 11 is 0. The van der Waals surface area contributed by atoms with Crippen LogP contribution in [0.1, 0.15) is 6.23 Å². The number of ether oxygens (including phenoxy) is 1. The summed E-state index contributed by atoms with van der Waals surface area (Å²) in [6, 6.07) is 0. The molecule has 25 heavy (non-hydrogen) atoms. The van der Waals surface area contributed by atoms with E-state index in [-0.39, 0.29) is 17.1 Å². The molecule has 3 heterocycles. The van der Waals surface area contributed by atoms with Crippen LogP contribution in [0, 0.1) is 0 Å². The number of rotatable bonds is 5. The number of phosphoric ester groups is 1. The smallest absolute Gasteiger partial charge is 0.387 e. The first-order valence-corrected chi connectivity index (χ1v) is 8.60. The number of aromatic amines is 1. The van der Waals surface area contributed by atoms with Crippen LogP contribution in [0.25, 0.3) is 11.2 Å². The van der Waals surface area contributed by atoms with Crippen molar-refractivity contribution in [2.24, 2.45) is 0 Å². The van der Waals surface area contributed by atoms with Crippen LogP contribution in [-0.4, -0.2) is 71.5 Å². The van der Waals surface area contributed by atoms with Gasteiger partial charge in [-0.2, -0.15) is 4.98 Å². The van der Waals surface area contributed by atoms with Crippen molar-refractivity contribution in [2.75, 3.05) is 19.0 Å². The van der Waals surface area contributed by atoms with Gasteiger partial charge < -0.3 is 30.1 Å². The lowest BCUT2D eigenvalue weighted by atomic mass is 10.1. The normalized spacial score (nSPS) is 27.1. The monoisotopic (exact) mass is 377 g/mol. The summed E-state index contributed by atoms with van der Waals surface area (Å²) in [4.78, 5) is 39.9. The lowest BCUT2D eigenvalue weighted by molar-refractivity contribution is -0.0503. The Morgan fingerprint density at radius 3 is 2.80 bits per heavy atom. The number of H-pyrrole nitrogens is 1. The van der Waals surface area contributed by atoms with Gasteiger partial charge in [0.2, 0.25) is 5.95 Å². The number of aliphatic hydroxyl groups excluding tert-OH is 2. The summed E-state index contributed by atoms with van der Waals surface area (Å²) < 4.78 is 21.8. The van der Waals surface area contributed by atoms with Gasteiger partial charge in [-0.1, -0.05) is 0 Å². The number of imidazole rings is 1. The van der Waals surface area contributed by atoms with E-state index >= 15 is 0 Å². The fourth-order valence-corrected chi connectivity index (χ4v) is 2.84. The zero-order valence-electron chi connectivity index (χ0n) is 12.8. The summed E-state index contributed by atoms with van der Waals surface area (Å²) in [5.41, 5.74) is -0.414. The van der Waals surface area contributed by atoms with Crippen molar-refractivity contribution in [1.82, 2.24) is 19.5 Å². The van der Waals surface area contributed by atoms with E-state index < -0.39 is 44.5 Å². The minimum absolute atomic E-state index is 0.000734. The molecule has 13 nitrogen and oxygen atoms in total. The quantitative estimate of drug-likeness (QED) is 0.312. The highest BCUT2D eigenvalue weighted by atomic mass is 31.2. The van der Waals surface area contributed by atoms with Crippen LogP contribution < -0.4 is 10.9 Å². The van der Waals surface area contributed by atoms with Gasteiger partial charge in [-0.05, 0) is 0 Å². The highest BCUT2D eigenvalue weighted by Gasteiger charge is 2.45. The topological polar surface area (TPSA) is 192 Å². The van der Waals surface area contributed by atoms with Crippen LogP contribution in [0.3, 0.4) is 0 Å². The lowest BCUT2D eigenvalue weighted by Crippen LogP contribution is -2.33. The maximum atomic E-state index is 11.9. The fourth-order valence-electron chi connectivity index (χ4n) is 2.50. The number of hydrogen-bond donors (Lipinski definition) is 6. The number of nitrogens with one attached hydrogen (secondary N) is 2. The zero-order valence-corrected chi connectivity index (χ0v) is 13.7. The molecule has 0 saturated carbocycles. The molecule has 1 fully saturated rings. The van der Waals surface area contributed by atoms with Crippen molar-refractivity contribution in [3.63, 3.8) is 0 Å². The van der Waals surface area contributed by atoms with Crippen molar-refractivity contribution in [3.05, 3.63) is 16.7 Å². The maximum Gasteiger partial charge on any atom is 0.469 e. The van der Waals surface area contributed by atoms with Gasteiger partial charge in [0, 0.05) is 7.05 Å². The van der Waals surface area contributed by atoms with Gasteiger partial charge in [-0.15, -0.1) is 0 Å². The first-order chi connectivity index (χ1) is 11.7. The van der Waals surface area contributed by atoms with Crippen LogP contribution in [0.5, 0.6) is 0 Å². The average Bonchev–Trinajstić information content (AvgIpc) is 3.08. The van der Waals surface area contributed by atoms with Gasteiger partial charge in [0.15, 0.2) is 17.4 Å². The second-order valence-corrected chi connectivity index (χ2v) is 6.56. The molecule has 138 valence electrons. The third-order valence-corrected chi connectivity index (χ3v) is 4.17. The minimum Gasteiger partial charge on any atom is -0.387 e. The van der Waals surface area contributed by atoms with E-state index in [9.17, 15) is 19.6 Å². The van der Waals surface area contributed by atoms with E-state index in [0.29, 0.717) is 0 Å². The number of hydrogen-bond acceptors (Lipinski definition) is 9. The zero-order chi connectivity index (χ0) is 18.4. The molecule has 0 amide bonds. The molecular weight excluding hydrogens is 361 g/mol. The molecule has 2 aromatic rings. The first kappa shape index (κ1) is 17.9. The third-order valence-electron chi connectivity index (χ3n) is 3.69. The molecule has 14 heteroatoms. The van der Waals surface area contributed by atoms with Crippen LogP contribution >= 0.6 is 7.82 Å². The van der Waals surface area contributed by atoms with Gasteiger partial charge >= 0.3 is 7.82 Å². The third kappa shape index (κ3) is 3.43. The molecule has 1 aliphatic rings. The Labute approximate surface area is 139 Å². The van der Waals surface area contributed by atoms with Gasteiger partial charge in [0.05, 0.1) is 12.9 Å². The van der Waals surface area contributed by atoms with Gasteiger partial charge in [-0.3, -0.25) is 18.9 Å². The fraction of sp³-hybridized carbons (Fsp3) is 0.545. The molecule has 6 N–H and O–H groups in total. The van der Waals surface area contributed by atoms with Crippen LogP contribution in [0.15, 0.2) is 11.1 Å². The van der Waals surface area contributed by atoms with Crippen molar-refractivity contribution in [1.29, 1.82) is 0 Å². The predicted molar refractivity (Wildman–Crippen MR) is 81.6 cm³/mol. The maximum absolute atomic E-state index is 11.9. The minimum atomic E-state index is -4.76. The summed E-state index contributed by atoms with van der Waals surface area (Å²) in [6.45, 7) is -0.637. The Bertz CT molecular complexity index is 877. The van der Waals surface area contributed by atoms with Crippen LogP contribution in [-0.2, 0) is 13.8 Å². The Hall–Kier alpha value is -1.86. The average molecular weight is 377 g/mol. The van der Waals surface area contributed by atoms with Gasteiger partial charge in [0.25, 0.3) is 5.56 Å². The van der Waals surface area contributed by atoms with E-state index in [2.05, 4.69) is 24.8 Å². The number of nitrogens with zero attached hydrogens (tertiary/aromatic N) is 3. The van der Waals surface area contributed by atoms with E-state index in [4.69, 9.17) is 14.5 Å². The summed E-state index contributed by atoms with van der Waals surface area (Å²) in [7, 11) is -3.21. The number of aliphatic hydroxyl groups is 2. The summed E-state index contributed by atoms with van der Waals surface area (Å²) in [5.74, 6) is 0.161. The Balaban J connectivity index is 1.91. The predicted octanol–water partition coefficient (Wildman–Crippen LogP) is -2.11. The first-order valence-electron chi connectivity index (χ1n) is 7.07. The summed E-state index contributed by atoms with van der Waals surface area (Å²) in [5, 5.41) is 22.9. The molecule has 2 aromatic heterocycles. The van der Waals surface area contributed by atoms with Crippen molar-refractivity contribution < 1.29 is 33.8 Å². The molecule has 1 aliphatic heterocycles. The van der Waals surface area contributed by atoms with Gasteiger partial charge in [0.1, 0.15) is 18.3 Å². The molecule has 4 unspecified atom stereocenters. The molecule has 0 aliphatic carbocycles. The molecule has 3 rings (SSSR count).